The zero-order valence-electron chi connectivity index (χ0n) is 16.1. The summed E-state index contributed by atoms with van der Waals surface area (Å²) in [5, 5.41) is 0. The average Bonchev–Trinajstić information content (AvgIpc) is 3.02. The van der Waals surface area contributed by atoms with Crippen LogP contribution in [0.1, 0.15) is 84.5 Å². The minimum absolute atomic E-state index is 0. The van der Waals surface area contributed by atoms with E-state index in [9.17, 15) is 8.42 Å². The van der Waals surface area contributed by atoms with Gasteiger partial charge in [0.15, 0.2) is 6.29 Å². The van der Waals surface area contributed by atoms with Crippen molar-refractivity contribution in [3.8, 4) is 0 Å². The van der Waals surface area contributed by atoms with Gasteiger partial charge in [-0.2, -0.15) is 8.42 Å². The Morgan fingerprint density at radius 2 is 1.65 bits per heavy atom. The molecule has 0 saturated carbocycles. The Hall–Kier alpha value is 0.790. The van der Waals surface area contributed by atoms with Gasteiger partial charge in [-0.15, -0.1) is 0 Å². The molecule has 0 aromatic rings. The number of hydrogen-bond acceptors (Lipinski definition) is 6. The Bertz CT molecular complexity index is 431. The summed E-state index contributed by atoms with van der Waals surface area (Å²) in [5.74, 6) is 0. The molecule has 1 fully saturated rings. The average molecular weight is 405 g/mol. The third-order valence-electron chi connectivity index (χ3n) is 4.53. The summed E-state index contributed by atoms with van der Waals surface area (Å²) in [7, 11) is -2.88. The van der Waals surface area contributed by atoms with E-state index in [1.165, 1.54) is 51.4 Å². The first-order valence-corrected chi connectivity index (χ1v) is 11.1. The molecule has 0 amide bonds. The van der Waals surface area contributed by atoms with E-state index in [4.69, 9.17) is 13.7 Å². The van der Waals surface area contributed by atoms with Crippen molar-refractivity contribution in [2.75, 3.05) is 13.7 Å². The Morgan fingerprint density at radius 3 is 2.27 bits per heavy atom. The van der Waals surface area contributed by atoms with Crippen molar-refractivity contribution in [2.24, 2.45) is 0 Å². The molecule has 152 valence electrons. The Kier molecular flexibility index (Phi) is 16.2. The van der Waals surface area contributed by atoms with E-state index in [-0.39, 0.29) is 41.8 Å². The van der Waals surface area contributed by atoms with Gasteiger partial charge in [0.2, 0.25) is 0 Å². The van der Waals surface area contributed by atoms with E-state index < -0.39 is 16.7 Å². The van der Waals surface area contributed by atoms with Crippen LogP contribution in [-0.4, -0.2) is 70.2 Å². The van der Waals surface area contributed by atoms with E-state index in [0.717, 1.165) is 20.0 Å². The van der Waals surface area contributed by atoms with Crippen molar-refractivity contribution >= 4 is 40.0 Å². The molecule has 26 heavy (non-hydrogen) atoms. The zero-order valence-corrected chi connectivity index (χ0v) is 16.9. The maximum absolute atomic E-state index is 11.2. The fraction of sp³-hybridized carbons (Fsp3) is 1.00. The monoisotopic (exact) mass is 404 g/mol. The second-order valence-electron chi connectivity index (χ2n) is 6.84. The molecule has 0 radical (unpaired) electrons. The van der Waals surface area contributed by atoms with Crippen LogP contribution < -0.4 is 0 Å². The van der Waals surface area contributed by atoms with Gasteiger partial charge < -0.3 is 9.47 Å². The quantitative estimate of drug-likeness (QED) is 0.306. The number of unbranched alkanes of at least 4 members (excludes halogenated alkanes) is 7. The van der Waals surface area contributed by atoms with Gasteiger partial charge in [0.1, 0.15) is 0 Å². The second kappa shape index (κ2) is 15.7. The summed E-state index contributed by atoms with van der Waals surface area (Å²) in [6, 6.07) is 0. The van der Waals surface area contributed by atoms with Crippen molar-refractivity contribution < 1.29 is 26.3 Å². The van der Waals surface area contributed by atoms with Gasteiger partial charge in [-0.1, -0.05) is 58.3 Å². The third-order valence-corrected chi connectivity index (χ3v) is 5.39. The summed E-state index contributed by atoms with van der Waals surface area (Å²) >= 11 is 0. The SMILES string of the molecule is CCCCCCCCCCC(C)OCC1CCC(OS(=O)(=O)OC)O1.[NaH]. The van der Waals surface area contributed by atoms with Gasteiger partial charge >= 0.3 is 40.0 Å². The van der Waals surface area contributed by atoms with Gasteiger partial charge in [-0.3, -0.25) is 4.18 Å². The molecular formula is C18H37NaO6S. The van der Waals surface area contributed by atoms with E-state index >= 15 is 0 Å². The van der Waals surface area contributed by atoms with Crippen molar-refractivity contribution in [2.45, 2.75) is 103 Å². The first-order chi connectivity index (χ1) is 12.0. The van der Waals surface area contributed by atoms with Gasteiger partial charge in [-0.05, 0) is 19.8 Å². The Balaban J connectivity index is 0.00000625. The van der Waals surface area contributed by atoms with Crippen LogP contribution in [0.5, 0.6) is 0 Å². The molecule has 0 aliphatic carbocycles. The molecule has 0 N–H and O–H groups in total. The third kappa shape index (κ3) is 13.0. The van der Waals surface area contributed by atoms with Crippen LogP contribution in [0.25, 0.3) is 0 Å². The van der Waals surface area contributed by atoms with Gasteiger partial charge in [-0.25, -0.2) is 4.18 Å². The number of rotatable bonds is 15. The van der Waals surface area contributed by atoms with Gasteiger partial charge in [0.25, 0.3) is 0 Å². The molecule has 3 unspecified atom stereocenters. The summed E-state index contributed by atoms with van der Waals surface area (Å²) < 4.78 is 42.8. The Labute approximate surface area is 182 Å². The van der Waals surface area contributed by atoms with Crippen LogP contribution in [0.15, 0.2) is 0 Å². The minimum atomic E-state index is -3.95. The van der Waals surface area contributed by atoms with Gasteiger partial charge in [0.05, 0.1) is 25.9 Å². The molecule has 3 atom stereocenters. The number of ether oxygens (including phenoxy) is 2. The predicted octanol–water partition coefficient (Wildman–Crippen LogP) is 3.69. The van der Waals surface area contributed by atoms with Crippen LogP contribution in [0.2, 0.25) is 0 Å². The van der Waals surface area contributed by atoms with Crippen LogP contribution in [0.3, 0.4) is 0 Å². The molecule has 1 aliphatic heterocycles. The standard InChI is InChI=1S/C18H36O6S.Na.H/c1-4-5-6-7-8-9-10-11-12-16(2)22-15-17-13-14-18(23-17)24-25(19,20)21-3;;/h16-18H,4-15H2,1-3H3;;. The zero-order chi connectivity index (χ0) is 18.5. The van der Waals surface area contributed by atoms with Crippen molar-refractivity contribution in [1.29, 1.82) is 0 Å². The number of hydrogen-bond donors (Lipinski definition) is 0. The van der Waals surface area contributed by atoms with Crippen molar-refractivity contribution in [1.82, 2.24) is 0 Å². The topological polar surface area (TPSA) is 71.1 Å². The van der Waals surface area contributed by atoms with E-state index in [1.807, 2.05) is 0 Å². The second-order valence-corrected chi connectivity index (χ2v) is 8.19. The maximum atomic E-state index is 11.2. The first kappa shape index (κ1) is 26.8. The summed E-state index contributed by atoms with van der Waals surface area (Å²) in [4.78, 5) is 0. The van der Waals surface area contributed by atoms with E-state index in [1.54, 1.807) is 0 Å². The van der Waals surface area contributed by atoms with Crippen LogP contribution in [-0.2, 0) is 28.2 Å². The molecule has 1 aliphatic rings. The molecule has 0 aromatic carbocycles. The normalized spacial score (nSPS) is 21.5. The molecule has 0 bridgehead atoms. The summed E-state index contributed by atoms with van der Waals surface area (Å²) in [6.45, 7) is 4.80. The van der Waals surface area contributed by atoms with E-state index in [2.05, 4.69) is 18.0 Å². The van der Waals surface area contributed by atoms with Crippen LogP contribution in [0.4, 0.5) is 0 Å². The van der Waals surface area contributed by atoms with Crippen LogP contribution >= 0.6 is 0 Å². The first-order valence-electron chi connectivity index (χ1n) is 9.72. The van der Waals surface area contributed by atoms with Crippen molar-refractivity contribution in [3.05, 3.63) is 0 Å². The fourth-order valence-electron chi connectivity index (χ4n) is 2.96. The molecule has 0 aromatic heterocycles. The van der Waals surface area contributed by atoms with Crippen molar-refractivity contribution in [3.63, 3.8) is 0 Å². The summed E-state index contributed by atoms with van der Waals surface area (Å²) in [5.41, 5.74) is 0. The molecule has 1 saturated heterocycles. The fourth-order valence-corrected chi connectivity index (χ4v) is 3.44. The molecule has 8 heteroatoms. The molecular weight excluding hydrogens is 367 g/mol. The predicted molar refractivity (Wildman–Crippen MR) is 105 cm³/mol. The van der Waals surface area contributed by atoms with Crippen LogP contribution in [0, 0.1) is 0 Å². The Morgan fingerprint density at radius 1 is 1.04 bits per heavy atom. The summed E-state index contributed by atoms with van der Waals surface area (Å²) in [6.07, 6.45) is 12.2. The molecule has 0 spiro atoms. The van der Waals surface area contributed by atoms with E-state index in [0.29, 0.717) is 13.0 Å². The molecule has 6 nitrogen and oxygen atoms in total. The van der Waals surface area contributed by atoms with Gasteiger partial charge in [0, 0.05) is 6.42 Å². The molecule has 1 rings (SSSR count). The molecule has 1 heterocycles.